The fourth-order valence-electron chi connectivity index (χ4n) is 8.65. The Morgan fingerprint density at radius 1 is 0.537 bits per heavy atom. The molecule has 0 saturated heterocycles. The van der Waals surface area contributed by atoms with Crippen molar-refractivity contribution in [2.45, 2.75) is 118 Å². The normalized spacial score (nSPS) is 17.3. The highest BCUT2D eigenvalue weighted by molar-refractivity contribution is 9.10. The fourth-order valence-corrected chi connectivity index (χ4v) is 8.90. The van der Waals surface area contributed by atoms with Gasteiger partial charge in [-0.2, -0.15) is 0 Å². The summed E-state index contributed by atoms with van der Waals surface area (Å²) in [4.78, 5) is 10.4. The lowest BCUT2D eigenvalue weighted by Gasteiger charge is -2.45. The van der Waals surface area contributed by atoms with E-state index < -0.39 is 40.6 Å². The van der Waals surface area contributed by atoms with Crippen LogP contribution in [0.5, 0.6) is 5.75 Å². The van der Waals surface area contributed by atoms with E-state index in [1.165, 1.54) is 36.8 Å². The van der Waals surface area contributed by atoms with Crippen molar-refractivity contribution in [3.05, 3.63) is 146 Å². The van der Waals surface area contributed by atoms with Gasteiger partial charge in [0.25, 0.3) is 0 Å². The van der Waals surface area contributed by atoms with E-state index in [-0.39, 0.29) is 16.7 Å². The predicted octanol–water partition coefficient (Wildman–Crippen LogP) is 8.21. The molecule has 0 spiro atoms. The molecular weight excluding hydrogens is 1120 g/mol. The molecule has 8 rings (SSSR count). The molecule has 2 unspecified atom stereocenters. The van der Waals surface area contributed by atoms with Gasteiger partial charge in [-0.05, 0) is 181 Å². The van der Waals surface area contributed by atoms with Crippen molar-refractivity contribution >= 4 is 78.8 Å². The van der Waals surface area contributed by atoms with Crippen LogP contribution in [0.2, 0.25) is 0 Å². The standard InChI is InChI=1S/C10H22N2.C9H14N2.C8H12N2.C7H8N2O2.C6H7BrN2.C6H4F4N2.C6H8N2O.C6H14N2/c1-9(2)4-8(12)5-10(3,6-9)7-11;1-5-4-6(2)9(11)7(3)8(5)10;9-5-7-1-2-8(6-10)4-3-7;8-5-1-4(7(10)11)2-6(9)3-5;7-5-2-1-4(8)3-6(5)9;7-1-2(8)5(11)4(10)6(12)3(1)9;7-4-1-2-6(9)5(8)3-4;7-5-1-2-6(8)4-3-5/h8H,4-7,11-12H2,1-3H3;4H,10-11H2,1-3H3;1-4H,5-6,9-10H2;1-3H,8-9H2,(H,10,11);1-3H,8-9H2;11-12H2;1-3,9H,7-8H2;5-6H,1-4,7-8H2. The van der Waals surface area contributed by atoms with Crippen molar-refractivity contribution in [3.63, 3.8) is 0 Å². The number of hydrogen-bond donors (Lipinski definition) is 18. The molecule has 2 saturated carbocycles. The van der Waals surface area contributed by atoms with Gasteiger partial charge in [-0.25, -0.2) is 22.4 Å². The molecule has 0 aliphatic heterocycles. The van der Waals surface area contributed by atoms with Crippen LogP contribution in [0, 0.1) is 54.9 Å². The number of phenolic OH excluding ortho intramolecular Hbond substituents is 1. The summed E-state index contributed by atoms with van der Waals surface area (Å²) in [7, 11) is 0. The molecule has 2 fully saturated rings. The lowest BCUT2D eigenvalue weighted by atomic mass is 9.63. The Hall–Kier alpha value is -7.45. The molecule has 6 aromatic rings. The summed E-state index contributed by atoms with van der Waals surface area (Å²) in [6.45, 7) is 14.8. The molecule has 24 heteroatoms. The molecule has 34 N–H and O–H groups in total. The second-order valence-corrected chi connectivity index (χ2v) is 22.1. The van der Waals surface area contributed by atoms with Crippen LogP contribution in [0.25, 0.3) is 0 Å². The number of aromatic carboxylic acids is 1. The van der Waals surface area contributed by atoms with Gasteiger partial charge in [0, 0.05) is 75.5 Å². The van der Waals surface area contributed by atoms with E-state index in [4.69, 9.17) is 102 Å². The zero-order valence-corrected chi connectivity index (χ0v) is 49.4. The third-order valence-electron chi connectivity index (χ3n) is 13.0. The molecule has 0 bridgehead atoms. The molecule has 2 aliphatic carbocycles. The quantitative estimate of drug-likeness (QED) is 0.0197. The molecule has 454 valence electrons. The van der Waals surface area contributed by atoms with Crippen LogP contribution in [-0.2, 0) is 13.1 Å². The van der Waals surface area contributed by atoms with Gasteiger partial charge in [0.1, 0.15) is 17.1 Å². The summed E-state index contributed by atoms with van der Waals surface area (Å²) < 4.78 is 50.6. The van der Waals surface area contributed by atoms with Crippen LogP contribution < -0.4 is 91.7 Å². The smallest absolute Gasteiger partial charge is 0.335 e. The number of halogens is 5. The molecule has 0 radical (unpaired) electrons. The van der Waals surface area contributed by atoms with Gasteiger partial charge in [-0.3, -0.25) is 0 Å². The first-order valence-corrected chi connectivity index (χ1v) is 26.8. The van der Waals surface area contributed by atoms with Crippen LogP contribution in [-0.4, -0.2) is 40.9 Å². The first-order chi connectivity index (χ1) is 38.0. The lowest BCUT2D eigenvalue weighted by Crippen LogP contribution is -2.45. The summed E-state index contributed by atoms with van der Waals surface area (Å²) in [5.74, 6) is -7.83. The topological polar surface area (TPSA) is 474 Å². The number of rotatable bonds is 4. The number of nitrogen functional groups attached to an aromatic ring is 10. The highest BCUT2D eigenvalue weighted by Gasteiger charge is 2.39. The van der Waals surface area contributed by atoms with Crippen molar-refractivity contribution in [2.75, 3.05) is 63.9 Å². The van der Waals surface area contributed by atoms with Crippen molar-refractivity contribution in [3.8, 4) is 5.75 Å². The Kier molecular flexibility index (Phi) is 30.2. The third-order valence-corrected chi connectivity index (χ3v) is 13.7. The maximum Gasteiger partial charge on any atom is 0.335 e. The number of anilines is 10. The molecule has 19 nitrogen and oxygen atoms in total. The number of aromatic hydroxyl groups is 1. The average Bonchev–Trinajstić information content (AvgIpc) is 3.51. The molecular formula is C58H89BrF4N16O3. The highest BCUT2D eigenvalue weighted by Crippen LogP contribution is 2.44. The number of carbonyl (C=O) groups is 1. The Bertz CT molecular complexity index is 2740. The summed E-state index contributed by atoms with van der Waals surface area (Å²) in [6.07, 6.45) is 7.95. The van der Waals surface area contributed by atoms with Crippen molar-refractivity contribution < 1.29 is 32.6 Å². The maximum atomic E-state index is 12.5. The van der Waals surface area contributed by atoms with Crippen LogP contribution in [0.4, 0.5) is 74.4 Å². The summed E-state index contributed by atoms with van der Waals surface area (Å²) in [6, 6.07) is 25.4. The highest BCUT2D eigenvalue weighted by atomic mass is 79.9. The fraction of sp³-hybridized carbons (Fsp3) is 0.362. The Morgan fingerprint density at radius 2 is 0.951 bits per heavy atom. The first-order valence-electron chi connectivity index (χ1n) is 26.0. The van der Waals surface area contributed by atoms with Gasteiger partial charge in [-0.15, -0.1) is 0 Å². The lowest BCUT2D eigenvalue weighted by molar-refractivity contribution is 0.0696. The summed E-state index contributed by atoms with van der Waals surface area (Å²) in [5.41, 5.74) is 95.7. The minimum Gasteiger partial charge on any atom is -0.506 e. The van der Waals surface area contributed by atoms with Gasteiger partial charge in [0.2, 0.25) is 0 Å². The Balaban J connectivity index is 0.000000470. The van der Waals surface area contributed by atoms with Gasteiger partial charge < -0.3 is 102 Å². The van der Waals surface area contributed by atoms with Crippen molar-refractivity contribution in [1.29, 1.82) is 0 Å². The number of carboxylic acids is 1. The summed E-state index contributed by atoms with van der Waals surface area (Å²) >= 11 is 3.25. The van der Waals surface area contributed by atoms with E-state index in [1.807, 2.05) is 57.2 Å². The second-order valence-electron chi connectivity index (χ2n) is 21.3. The zero-order chi connectivity index (χ0) is 63.0. The first kappa shape index (κ1) is 72.6. The number of nitrogens with two attached hydrogens (primary N) is 16. The van der Waals surface area contributed by atoms with Gasteiger partial charge in [-0.1, -0.05) is 51.1 Å². The molecule has 0 heterocycles. The van der Waals surface area contributed by atoms with Crippen molar-refractivity contribution in [1.82, 2.24) is 0 Å². The second kappa shape index (κ2) is 34.1. The van der Waals surface area contributed by atoms with E-state index in [2.05, 4.69) is 36.7 Å². The maximum absolute atomic E-state index is 12.5. The van der Waals surface area contributed by atoms with Crippen molar-refractivity contribution in [2.24, 2.45) is 45.2 Å². The average molecular weight is 1210 g/mol. The monoisotopic (exact) mass is 1210 g/mol. The Labute approximate surface area is 487 Å². The molecule has 82 heavy (non-hydrogen) atoms. The van der Waals surface area contributed by atoms with Crippen LogP contribution in [0.3, 0.4) is 0 Å². The van der Waals surface area contributed by atoms with Crippen LogP contribution in [0.15, 0.2) is 89.4 Å². The number of benzene rings is 6. The Morgan fingerprint density at radius 3 is 1.29 bits per heavy atom. The van der Waals surface area contributed by atoms with E-state index in [1.54, 1.807) is 18.2 Å². The number of carboxylic acid groups (broad SMARTS) is 1. The zero-order valence-electron chi connectivity index (χ0n) is 47.8. The molecule has 0 amide bonds. The van der Waals surface area contributed by atoms with Crippen LogP contribution >= 0.6 is 15.9 Å². The van der Waals surface area contributed by atoms with Gasteiger partial charge in [0.15, 0.2) is 23.3 Å². The molecule has 6 aromatic carbocycles. The minimum atomic E-state index is -1.87. The third kappa shape index (κ3) is 25.1. The largest absolute Gasteiger partial charge is 0.506 e. The predicted molar refractivity (Wildman–Crippen MR) is 336 cm³/mol. The number of aryl methyl sites for hydroxylation is 2. The minimum absolute atomic E-state index is 0.0733. The van der Waals surface area contributed by atoms with E-state index in [9.17, 15) is 22.4 Å². The molecule has 2 atom stereocenters. The van der Waals surface area contributed by atoms with E-state index in [0.29, 0.717) is 70.8 Å². The van der Waals surface area contributed by atoms with Gasteiger partial charge >= 0.3 is 5.97 Å². The van der Waals surface area contributed by atoms with E-state index >= 15 is 0 Å². The summed E-state index contributed by atoms with van der Waals surface area (Å²) in [5, 5.41) is 17.4. The number of hydrogen-bond acceptors (Lipinski definition) is 18. The molecule has 0 aromatic heterocycles. The van der Waals surface area contributed by atoms with Crippen LogP contribution in [0.1, 0.15) is 104 Å². The van der Waals surface area contributed by atoms with Gasteiger partial charge in [0.05, 0.1) is 11.3 Å². The number of phenols is 1. The van der Waals surface area contributed by atoms with E-state index in [0.717, 1.165) is 88.7 Å². The molecule has 2 aliphatic rings. The SMILES string of the molecule is CC1(C)CC(N)CC(C)(CN)C1.Cc1cc(C)c(N)c(C)c1N.NC1CCC(N)CC1.NCc1ccc(CN)cc1.Nc1c(F)c(N)c(F)c(F)c1F.Nc1cc(N)cc(C(=O)O)c1.Nc1ccc(Br)c(N)c1.Nc1ccc(O)c(N)c1.